The molecule has 0 bridgehead atoms. The van der Waals surface area contributed by atoms with Crippen LogP contribution in [0.5, 0.6) is 0 Å². The molecule has 6 heteroatoms. The van der Waals surface area contributed by atoms with E-state index < -0.39 is 0 Å². The van der Waals surface area contributed by atoms with Crippen LogP contribution < -0.4 is 5.32 Å². The van der Waals surface area contributed by atoms with Gasteiger partial charge in [0.1, 0.15) is 0 Å². The maximum absolute atomic E-state index is 4.63. The molecular weight excluding hydrogens is 294 g/mol. The number of hydrogen-bond acceptors (Lipinski definition) is 5. The lowest BCUT2D eigenvalue weighted by Gasteiger charge is -2.21. The average molecular weight is 314 g/mol. The average Bonchev–Trinajstić information content (AvgIpc) is 2.88. The second kappa shape index (κ2) is 6.08. The van der Waals surface area contributed by atoms with E-state index in [9.17, 15) is 0 Å². The molecule has 3 heterocycles. The van der Waals surface area contributed by atoms with E-state index in [0.29, 0.717) is 0 Å². The van der Waals surface area contributed by atoms with Crippen LogP contribution in [0.25, 0.3) is 4.96 Å². The number of rotatable bonds is 4. The predicted octanol–water partition coefficient (Wildman–Crippen LogP) is 2.95. The van der Waals surface area contributed by atoms with Crippen molar-refractivity contribution in [1.82, 2.24) is 14.7 Å². The van der Waals surface area contributed by atoms with E-state index in [1.54, 1.807) is 11.3 Å². The fourth-order valence-corrected chi connectivity index (χ4v) is 5.86. The van der Waals surface area contributed by atoms with E-state index in [2.05, 4.69) is 58.3 Å². The highest BCUT2D eigenvalue weighted by atomic mass is 32.2. The summed E-state index contributed by atoms with van der Waals surface area (Å²) in [7, 11) is 0. The monoisotopic (exact) mass is 313 g/mol. The summed E-state index contributed by atoms with van der Waals surface area (Å²) in [6.45, 7) is 6.28. The van der Waals surface area contributed by atoms with Crippen LogP contribution in [0.2, 0.25) is 0 Å². The van der Waals surface area contributed by atoms with Gasteiger partial charge in [-0.3, -0.25) is 4.40 Å². The van der Waals surface area contributed by atoms with Gasteiger partial charge in [-0.15, -0.1) is 11.3 Å². The van der Waals surface area contributed by atoms with E-state index in [4.69, 9.17) is 0 Å². The van der Waals surface area contributed by atoms with E-state index in [1.165, 1.54) is 27.8 Å². The molecule has 104 valence electrons. The largest absolute Gasteiger partial charge is 0.310 e. The van der Waals surface area contributed by atoms with Crippen LogP contribution in [-0.4, -0.2) is 38.4 Å². The van der Waals surface area contributed by atoms with Gasteiger partial charge in [-0.1, -0.05) is 0 Å². The summed E-state index contributed by atoms with van der Waals surface area (Å²) in [5.41, 5.74) is 2.47. The number of imidazole rings is 1. The minimum Gasteiger partial charge on any atom is -0.310 e. The zero-order valence-electron chi connectivity index (χ0n) is 11.3. The number of aryl methyl sites for hydroxylation is 2. The van der Waals surface area contributed by atoms with Gasteiger partial charge in [-0.05, 0) is 13.8 Å². The number of thioether (sulfide) groups is 2. The summed E-state index contributed by atoms with van der Waals surface area (Å²) in [5, 5.41) is 4.38. The third kappa shape index (κ3) is 3.12. The predicted molar refractivity (Wildman–Crippen MR) is 87.8 cm³/mol. The lowest BCUT2D eigenvalue weighted by atomic mass is 10.3. The van der Waals surface area contributed by atoms with Gasteiger partial charge in [0.2, 0.25) is 0 Å². The normalized spacial score (nSPS) is 20.2. The van der Waals surface area contributed by atoms with Crippen molar-refractivity contribution in [2.75, 3.05) is 23.8 Å². The molecule has 1 atom stereocenters. The lowest BCUT2D eigenvalue weighted by molar-refractivity contribution is 0.668. The Kier molecular flexibility index (Phi) is 4.41. The number of fused-ring (bicyclic) bond motifs is 1. The zero-order chi connectivity index (χ0) is 13.2. The Balaban J connectivity index is 1.62. The Morgan fingerprint density at radius 1 is 1.42 bits per heavy atom. The van der Waals surface area contributed by atoms with Crippen molar-refractivity contribution < 1.29 is 0 Å². The van der Waals surface area contributed by atoms with Crippen LogP contribution in [0.3, 0.4) is 0 Å². The van der Waals surface area contributed by atoms with Crippen LogP contribution in [0.1, 0.15) is 16.3 Å². The third-order valence-corrected chi connectivity index (χ3v) is 7.03. The first-order valence-electron chi connectivity index (χ1n) is 6.58. The van der Waals surface area contributed by atoms with Crippen molar-refractivity contribution in [3.8, 4) is 0 Å². The summed E-state index contributed by atoms with van der Waals surface area (Å²) in [4.78, 5) is 7.07. The smallest absolute Gasteiger partial charge is 0.194 e. The van der Waals surface area contributed by atoms with E-state index in [-0.39, 0.29) is 0 Å². The zero-order valence-corrected chi connectivity index (χ0v) is 13.8. The van der Waals surface area contributed by atoms with Gasteiger partial charge in [0.25, 0.3) is 0 Å². The van der Waals surface area contributed by atoms with Crippen molar-refractivity contribution >= 4 is 39.8 Å². The molecule has 0 saturated carbocycles. The van der Waals surface area contributed by atoms with Gasteiger partial charge in [-0.2, -0.15) is 23.5 Å². The molecule has 0 aliphatic carbocycles. The van der Waals surface area contributed by atoms with Crippen molar-refractivity contribution in [2.45, 2.75) is 25.6 Å². The van der Waals surface area contributed by atoms with Crippen molar-refractivity contribution in [1.29, 1.82) is 0 Å². The topological polar surface area (TPSA) is 29.3 Å². The van der Waals surface area contributed by atoms with Crippen LogP contribution in [0.15, 0.2) is 6.20 Å². The van der Waals surface area contributed by atoms with Crippen LogP contribution in [0, 0.1) is 13.8 Å². The van der Waals surface area contributed by atoms with Gasteiger partial charge in [0, 0.05) is 46.7 Å². The maximum atomic E-state index is 4.63. The molecule has 1 saturated heterocycles. The highest BCUT2D eigenvalue weighted by Crippen LogP contribution is 2.24. The molecule has 19 heavy (non-hydrogen) atoms. The first kappa shape index (κ1) is 13.8. The fourth-order valence-electron chi connectivity index (χ4n) is 2.33. The molecule has 1 fully saturated rings. The number of hydrogen-bond donors (Lipinski definition) is 1. The molecule has 1 unspecified atom stereocenters. The first-order chi connectivity index (χ1) is 9.24. The van der Waals surface area contributed by atoms with Gasteiger partial charge in [0.05, 0.1) is 11.4 Å². The Hall–Kier alpha value is -0.170. The number of thiazole rings is 1. The maximum Gasteiger partial charge on any atom is 0.194 e. The van der Waals surface area contributed by atoms with Crippen molar-refractivity contribution in [2.24, 2.45) is 0 Å². The minimum absolute atomic E-state index is 0.770. The molecule has 0 amide bonds. The Labute approximate surface area is 126 Å². The molecule has 2 aromatic heterocycles. The lowest BCUT2D eigenvalue weighted by Crippen LogP contribution is -2.29. The Morgan fingerprint density at radius 2 is 2.32 bits per heavy atom. The third-order valence-electron chi connectivity index (χ3n) is 3.29. The van der Waals surface area contributed by atoms with Crippen LogP contribution in [0.4, 0.5) is 0 Å². The molecule has 0 radical (unpaired) electrons. The SMILES string of the molecule is Cc1cn2c(CNCC3CSCCS3)c(C)nc2s1. The van der Waals surface area contributed by atoms with Gasteiger partial charge in [-0.25, -0.2) is 4.98 Å². The molecule has 2 aromatic rings. The Bertz CT molecular complexity index is 555. The molecule has 1 aliphatic rings. The highest BCUT2D eigenvalue weighted by molar-refractivity contribution is 8.06. The van der Waals surface area contributed by atoms with Gasteiger partial charge in [0.15, 0.2) is 4.96 Å². The quantitative estimate of drug-likeness (QED) is 0.940. The van der Waals surface area contributed by atoms with E-state index in [1.807, 2.05) is 0 Å². The highest BCUT2D eigenvalue weighted by Gasteiger charge is 2.15. The molecule has 1 N–H and O–H groups in total. The number of nitrogens with zero attached hydrogens (tertiary/aromatic N) is 2. The summed E-state index contributed by atoms with van der Waals surface area (Å²) in [5.74, 6) is 3.91. The fraction of sp³-hybridized carbons (Fsp3) is 0.615. The van der Waals surface area contributed by atoms with Crippen LogP contribution >= 0.6 is 34.9 Å². The van der Waals surface area contributed by atoms with Crippen molar-refractivity contribution in [3.63, 3.8) is 0 Å². The Morgan fingerprint density at radius 3 is 3.11 bits per heavy atom. The summed E-state index contributed by atoms with van der Waals surface area (Å²) >= 11 is 5.96. The second-order valence-electron chi connectivity index (χ2n) is 4.84. The van der Waals surface area contributed by atoms with E-state index in [0.717, 1.165) is 29.0 Å². The van der Waals surface area contributed by atoms with Crippen molar-refractivity contribution in [3.05, 3.63) is 22.5 Å². The number of nitrogens with one attached hydrogen (secondary N) is 1. The molecule has 3 rings (SSSR count). The molecule has 0 spiro atoms. The van der Waals surface area contributed by atoms with Crippen LogP contribution in [-0.2, 0) is 6.54 Å². The first-order valence-corrected chi connectivity index (χ1v) is 9.60. The number of aromatic nitrogens is 2. The molecular formula is C13H19N3S3. The molecule has 3 nitrogen and oxygen atoms in total. The second-order valence-corrected chi connectivity index (χ2v) is 8.61. The van der Waals surface area contributed by atoms with E-state index >= 15 is 0 Å². The minimum atomic E-state index is 0.770. The summed E-state index contributed by atoms with van der Waals surface area (Å²) in [6.07, 6.45) is 2.20. The molecule has 0 aromatic carbocycles. The van der Waals surface area contributed by atoms with Gasteiger partial charge < -0.3 is 5.32 Å². The molecule has 1 aliphatic heterocycles. The van der Waals surface area contributed by atoms with Gasteiger partial charge >= 0.3 is 0 Å². The summed E-state index contributed by atoms with van der Waals surface area (Å²) < 4.78 is 2.24. The standard InChI is InChI=1S/C13H19N3S3/c1-9-7-16-12(10(2)15-13(16)19-9)6-14-5-11-8-17-3-4-18-11/h7,11,14H,3-6,8H2,1-2H3. The summed E-state index contributed by atoms with van der Waals surface area (Å²) in [6, 6.07) is 0.